The summed E-state index contributed by atoms with van der Waals surface area (Å²) in [7, 11) is 0. The molecule has 120 valence electrons. The number of amides is 3. The summed E-state index contributed by atoms with van der Waals surface area (Å²) in [5.74, 6) is -0.910. The number of benzene rings is 2. The lowest BCUT2D eigenvalue weighted by molar-refractivity contribution is -0.117. The fraction of sp³-hybridized carbons (Fsp3) is 0.176. The van der Waals surface area contributed by atoms with Gasteiger partial charge in [0.1, 0.15) is 5.82 Å². The molecule has 0 heterocycles. The van der Waals surface area contributed by atoms with Crippen LogP contribution in [-0.2, 0) is 4.79 Å². The Morgan fingerprint density at radius 2 is 1.87 bits per heavy atom. The van der Waals surface area contributed by atoms with Gasteiger partial charge in [-0.05, 0) is 37.6 Å². The van der Waals surface area contributed by atoms with E-state index >= 15 is 0 Å². The highest BCUT2D eigenvalue weighted by molar-refractivity contribution is 8.00. The van der Waals surface area contributed by atoms with Crippen LogP contribution in [0, 0.1) is 19.7 Å². The lowest BCUT2D eigenvalue weighted by Gasteiger charge is -2.10. The predicted octanol–water partition coefficient (Wildman–Crippen LogP) is 3.88. The molecule has 23 heavy (non-hydrogen) atoms. The van der Waals surface area contributed by atoms with Crippen molar-refractivity contribution in [3.8, 4) is 0 Å². The van der Waals surface area contributed by atoms with Crippen LogP contribution in [-0.4, -0.2) is 17.7 Å². The molecular formula is C17H17FN2O2S. The number of carbonyl (C=O) groups is 2. The first-order valence-electron chi connectivity index (χ1n) is 7.01. The molecule has 0 saturated heterocycles. The van der Waals surface area contributed by atoms with E-state index in [1.54, 1.807) is 24.3 Å². The van der Waals surface area contributed by atoms with E-state index < -0.39 is 11.9 Å². The molecule has 0 aromatic heterocycles. The number of rotatable bonds is 4. The molecular weight excluding hydrogens is 315 g/mol. The van der Waals surface area contributed by atoms with Crippen LogP contribution in [0.5, 0.6) is 0 Å². The molecule has 3 amide bonds. The maximum atomic E-state index is 13.4. The molecule has 0 saturated carbocycles. The molecule has 0 aliphatic heterocycles. The maximum absolute atomic E-state index is 13.4. The second-order valence-corrected chi connectivity index (χ2v) is 6.06. The van der Waals surface area contributed by atoms with Gasteiger partial charge in [0.05, 0.1) is 5.75 Å². The Morgan fingerprint density at radius 1 is 1.13 bits per heavy atom. The summed E-state index contributed by atoms with van der Waals surface area (Å²) < 4.78 is 13.4. The highest BCUT2D eigenvalue weighted by Gasteiger charge is 2.11. The van der Waals surface area contributed by atoms with Gasteiger partial charge in [-0.2, -0.15) is 0 Å². The third kappa shape index (κ3) is 5.10. The van der Waals surface area contributed by atoms with E-state index in [9.17, 15) is 14.0 Å². The Morgan fingerprint density at radius 3 is 2.57 bits per heavy atom. The smallest absolute Gasteiger partial charge is 0.307 e. The molecule has 2 aromatic rings. The quantitative estimate of drug-likeness (QED) is 0.835. The molecule has 0 radical (unpaired) electrons. The van der Waals surface area contributed by atoms with E-state index in [-0.39, 0.29) is 11.6 Å². The van der Waals surface area contributed by atoms with Crippen molar-refractivity contribution in [2.75, 3.05) is 11.1 Å². The van der Waals surface area contributed by atoms with E-state index in [1.807, 2.05) is 26.0 Å². The molecule has 0 spiro atoms. The number of imide groups is 1. The summed E-state index contributed by atoms with van der Waals surface area (Å²) in [6.07, 6.45) is 0. The molecule has 0 atom stereocenters. The number of aryl methyl sites for hydroxylation is 2. The molecule has 2 rings (SSSR count). The molecule has 6 heteroatoms. The van der Waals surface area contributed by atoms with Gasteiger partial charge in [0.25, 0.3) is 0 Å². The van der Waals surface area contributed by atoms with Crippen molar-refractivity contribution in [1.29, 1.82) is 0 Å². The summed E-state index contributed by atoms with van der Waals surface area (Å²) in [5.41, 5.74) is 2.64. The normalized spacial score (nSPS) is 10.2. The zero-order chi connectivity index (χ0) is 16.8. The van der Waals surface area contributed by atoms with E-state index in [4.69, 9.17) is 0 Å². The van der Waals surface area contributed by atoms with Crippen molar-refractivity contribution < 1.29 is 14.0 Å². The maximum Gasteiger partial charge on any atom is 0.325 e. The molecule has 0 bridgehead atoms. The number of carbonyl (C=O) groups excluding carboxylic acids is 2. The van der Waals surface area contributed by atoms with Gasteiger partial charge in [0.2, 0.25) is 5.91 Å². The van der Waals surface area contributed by atoms with Gasteiger partial charge in [-0.1, -0.05) is 29.8 Å². The number of hydrogen-bond acceptors (Lipinski definition) is 3. The SMILES string of the molecule is Cc1ccc(NC(=O)NC(=O)CSc2ccccc2F)c(C)c1. The minimum absolute atomic E-state index is 0.0404. The number of hydrogen-bond donors (Lipinski definition) is 2. The van der Waals surface area contributed by atoms with Crippen LogP contribution in [0.2, 0.25) is 0 Å². The fourth-order valence-electron chi connectivity index (χ4n) is 1.98. The molecule has 0 aliphatic rings. The average Bonchev–Trinajstić information content (AvgIpc) is 2.49. The van der Waals surface area contributed by atoms with Crippen LogP contribution in [0.3, 0.4) is 0 Å². The minimum Gasteiger partial charge on any atom is -0.307 e. The van der Waals surface area contributed by atoms with Crippen LogP contribution in [0.4, 0.5) is 14.9 Å². The van der Waals surface area contributed by atoms with Gasteiger partial charge in [0, 0.05) is 10.6 Å². The Bertz CT molecular complexity index is 734. The van der Waals surface area contributed by atoms with Crippen molar-refractivity contribution >= 4 is 29.4 Å². The Labute approximate surface area is 138 Å². The van der Waals surface area contributed by atoms with E-state index in [0.29, 0.717) is 10.6 Å². The monoisotopic (exact) mass is 332 g/mol. The Kier molecular flexibility index (Phi) is 5.76. The van der Waals surface area contributed by atoms with Crippen molar-refractivity contribution in [3.05, 3.63) is 59.4 Å². The highest BCUT2D eigenvalue weighted by atomic mass is 32.2. The Hall–Kier alpha value is -2.34. The highest BCUT2D eigenvalue weighted by Crippen LogP contribution is 2.20. The van der Waals surface area contributed by atoms with Crippen LogP contribution in [0.15, 0.2) is 47.4 Å². The van der Waals surface area contributed by atoms with Crippen LogP contribution in [0.1, 0.15) is 11.1 Å². The Balaban J connectivity index is 1.85. The van der Waals surface area contributed by atoms with Crippen LogP contribution >= 0.6 is 11.8 Å². The number of nitrogens with one attached hydrogen (secondary N) is 2. The van der Waals surface area contributed by atoms with E-state index in [2.05, 4.69) is 10.6 Å². The van der Waals surface area contributed by atoms with Gasteiger partial charge in [0.15, 0.2) is 0 Å². The zero-order valence-electron chi connectivity index (χ0n) is 12.9. The van der Waals surface area contributed by atoms with Gasteiger partial charge in [-0.25, -0.2) is 9.18 Å². The third-order valence-electron chi connectivity index (χ3n) is 3.08. The first-order valence-corrected chi connectivity index (χ1v) is 7.99. The third-order valence-corrected chi connectivity index (χ3v) is 4.13. The van der Waals surface area contributed by atoms with Gasteiger partial charge < -0.3 is 5.32 Å². The van der Waals surface area contributed by atoms with Crippen molar-refractivity contribution in [2.45, 2.75) is 18.7 Å². The lowest BCUT2D eigenvalue weighted by atomic mass is 10.1. The lowest BCUT2D eigenvalue weighted by Crippen LogP contribution is -2.35. The van der Waals surface area contributed by atoms with Crippen molar-refractivity contribution in [1.82, 2.24) is 5.32 Å². The second kappa shape index (κ2) is 7.78. The molecule has 2 N–H and O–H groups in total. The number of anilines is 1. The van der Waals surface area contributed by atoms with Crippen molar-refractivity contribution in [2.24, 2.45) is 0 Å². The minimum atomic E-state index is -0.601. The standard InChI is InChI=1S/C17H17FN2O2S/c1-11-7-8-14(12(2)9-11)19-17(22)20-16(21)10-23-15-6-4-3-5-13(15)18/h3-9H,10H2,1-2H3,(H2,19,20,21,22). The average molecular weight is 332 g/mol. The van der Waals surface area contributed by atoms with E-state index in [1.165, 1.54) is 6.07 Å². The number of thioether (sulfide) groups is 1. The van der Waals surface area contributed by atoms with Gasteiger partial charge >= 0.3 is 6.03 Å². The van der Waals surface area contributed by atoms with Crippen LogP contribution < -0.4 is 10.6 Å². The molecule has 0 fully saturated rings. The fourth-order valence-corrected chi connectivity index (χ4v) is 2.71. The zero-order valence-corrected chi connectivity index (χ0v) is 13.7. The summed E-state index contributed by atoms with van der Waals surface area (Å²) >= 11 is 1.04. The number of urea groups is 1. The predicted molar refractivity (Wildman–Crippen MR) is 90.2 cm³/mol. The first kappa shape index (κ1) is 17.0. The largest absolute Gasteiger partial charge is 0.325 e. The van der Waals surface area contributed by atoms with Gasteiger partial charge in [-0.15, -0.1) is 11.8 Å². The molecule has 4 nitrogen and oxygen atoms in total. The second-order valence-electron chi connectivity index (χ2n) is 5.04. The summed E-state index contributed by atoms with van der Waals surface area (Å²) in [6, 6.07) is 11.2. The first-order chi connectivity index (χ1) is 11.0. The molecule has 0 unspecified atom stereocenters. The van der Waals surface area contributed by atoms with Crippen molar-refractivity contribution in [3.63, 3.8) is 0 Å². The summed E-state index contributed by atoms with van der Waals surface area (Å²) in [6.45, 7) is 3.83. The molecule has 0 aliphatic carbocycles. The number of halogens is 1. The summed E-state index contributed by atoms with van der Waals surface area (Å²) in [5, 5.41) is 4.85. The van der Waals surface area contributed by atoms with Gasteiger partial charge in [-0.3, -0.25) is 10.1 Å². The van der Waals surface area contributed by atoms with Crippen LogP contribution in [0.25, 0.3) is 0 Å². The molecule has 2 aromatic carbocycles. The summed E-state index contributed by atoms with van der Waals surface area (Å²) in [4.78, 5) is 23.9. The topological polar surface area (TPSA) is 58.2 Å². The van der Waals surface area contributed by atoms with E-state index in [0.717, 1.165) is 22.9 Å².